The maximum Gasteiger partial charge on any atom is 0.152 e. The molecule has 0 aromatic carbocycles. The summed E-state index contributed by atoms with van der Waals surface area (Å²) < 4.78 is 12.0. The third-order valence-electron chi connectivity index (χ3n) is 2.47. The van der Waals surface area contributed by atoms with Crippen molar-refractivity contribution in [2.24, 2.45) is 0 Å². The Bertz CT molecular complexity index is 332. The molecule has 2 heterocycles. The van der Waals surface area contributed by atoms with E-state index in [9.17, 15) is 0 Å². The predicted molar refractivity (Wildman–Crippen MR) is 61.0 cm³/mol. The van der Waals surface area contributed by atoms with E-state index in [0.717, 1.165) is 23.2 Å². The first-order valence-electron chi connectivity index (χ1n) is 5.14. The highest BCUT2D eigenvalue weighted by Gasteiger charge is 2.22. The molecule has 3 nitrogen and oxygen atoms in total. The molecule has 1 aliphatic heterocycles. The Kier molecular flexibility index (Phi) is 3.59. The van der Waals surface area contributed by atoms with Crippen LogP contribution in [0.3, 0.4) is 0 Å². The molecular formula is C11H14BrNO2. The van der Waals surface area contributed by atoms with Gasteiger partial charge in [0.2, 0.25) is 0 Å². The summed E-state index contributed by atoms with van der Waals surface area (Å²) >= 11 is 3.34. The van der Waals surface area contributed by atoms with Crippen molar-refractivity contribution in [3.05, 3.63) is 22.9 Å². The van der Waals surface area contributed by atoms with E-state index >= 15 is 0 Å². The highest BCUT2D eigenvalue weighted by Crippen LogP contribution is 2.24. The first-order chi connectivity index (χ1) is 7.25. The Labute approximate surface area is 97.9 Å². The molecule has 0 N–H and O–H groups in total. The van der Waals surface area contributed by atoms with Crippen molar-refractivity contribution in [3.63, 3.8) is 0 Å². The average Bonchev–Trinajstić information content (AvgIpc) is 2.63. The molecule has 1 aromatic heterocycles. The van der Waals surface area contributed by atoms with Crippen molar-refractivity contribution in [1.29, 1.82) is 0 Å². The van der Waals surface area contributed by atoms with Gasteiger partial charge >= 0.3 is 0 Å². The summed E-state index contributed by atoms with van der Waals surface area (Å²) in [6, 6.07) is 3.76. The number of hydrogen-bond donors (Lipinski definition) is 0. The number of halogens is 1. The van der Waals surface area contributed by atoms with Gasteiger partial charge in [-0.1, -0.05) is 0 Å². The van der Waals surface area contributed by atoms with Crippen LogP contribution < -0.4 is 4.74 Å². The minimum atomic E-state index is 0.229. The summed E-state index contributed by atoms with van der Waals surface area (Å²) in [4.78, 5) is 4.09. The van der Waals surface area contributed by atoms with Crippen LogP contribution in [0, 0.1) is 0 Å². The van der Waals surface area contributed by atoms with E-state index in [-0.39, 0.29) is 6.10 Å². The fourth-order valence-corrected chi connectivity index (χ4v) is 2.03. The van der Waals surface area contributed by atoms with Gasteiger partial charge in [-0.25, -0.2) is 4.98 Å². The predicted octanol–water partition coefficient (Wildman–Crippen LogP) is 2.79. The van der Waals surface area contributed by atoms with E-state index in [2.05, 4.69) is 27.8 Å². The standard InChI is InChI=1S/C11H14BrNO2/c1-8-4-5-9(15-8)7-14-10-3-2-6-13-11(10)12/h2-3,6,8-9H,4-5,7H2,1H3. The maximum absolute atomic E-state index is 5.66. The lowest BCUT2D eigenvalue weighted by atomic mass is 10.2. The summed E-state index contributed by atoms with van der Waals surface area (Å²) in [5, 5.41) is 0. The number of ether oxygens (including phenoxy) is 2. The fraction of sp³-hybridized carbons (Fsp3) is 0.545. The molecule has 2 rings (SSSR count). The topological polar surface area (TPSA) is 31.4 Å². The Morgan fingerprint density at radius 2 is 2.47 bits per heavy atom. The Morgan fingerprint density at radius 3 is 3.13 bits per heavy atom. The summed E-state index contributed by atoms with van der Waals surface area (Å²) in [7, 11) is 0. The fourth-order valence-electron chi connectivity index (χ4n) is 1.67. The highest BCUT2D eigenvalue weighted by molar-refractivity contribution is 9.10. The third kappa shape index (κ3) is 2.92. The van der Waals surface area contributed by atoms with Gasteiger partial charge in [-0.05, 0) is 47.8 Å². The SMILES string of the molecule is CC1CCC(COc2cccnc2Br)O1. The Balaban J connectivity index is 1.86. The molecule has 0 bridgehead atoms. The van der Waals surface area contributed by atoms with Crippen LogP contribution in [0.1, 0.15) is 19.8 Å². The average molecular weight is 272 g/mol. The van der Waals surface area contributed by atoms with Gasteiger partial charge in [0, 0.05) is 6.20 Å². The molecule has 0 saturated carbocycles. The van der Waals surface area contributed by atoms with Crippen LogP contribution >= 0.6 is 15.9 Å². The second kappa shape index (κ2) is 4.94. The molecule has 2 atom stereocenters. The van der Waals surface area contributed by atoms with E-state index in [1.165, 1.54) is 0 Å². The quantitative estimate of drug-likeness (QED) is 0.793. The Morgan fingerprint density at radius 1 is 1.60 bits per heavy atom. The molecule has 15 heavy (non-hydrogen) atoms. The minimum absolute atomic E-state index is 0.229. The van der Waals surface area contributed by atoms with Gasteiger partial charge in [0.25, 0.3) is 0 Å². The highest BCUT2D eigenvalue weighted by atomic mass is 79.9. The molecule has 0 aliphatic carbocycles. The number of aromatic nitrogens is 1. The number of nitrogens with zero attached hydrogens (tertiary/aromatic N) is 1. The van der Waals surface area contributed by atoms with Crippen molar-refractivity contribution in [2.75, 3.05) is 6.61 Å². The van der Waals surface area contributed by atoms with Gasteiger partial charge in [-0.3, -0.25) is 0 Å². The molecule has 0 spiro atoms. The van der Waals surface area contributed by atoms with Crippen molar-refractivity contribution in [1.82, 2.24) is 4.98 Å². The molecular weight excluding hydrogens is 258 g/mol. The van der Waals surface area contributed by atoms with Gasteiger partial charge in [0.05, 0.1) is 12.2 Å². The second-order valence-corrected chi connectivity index (χ2v) is 4.50. The van der Waals surface area contributed by atoms with Crippen LogP contribution in [0.5, 0.6) is 5.75 Å². The van der Waals surface area contributed by atoms with Crippen molar-refractivity contribution >= 4 is 15.9 Å². The van der Waals surface area contributed by atoms with E-state index < -0.39 is 0 Å². The molecule has 0 amide bonds. The zero-order valence-electron chi connectivity index (χ0n) is 8.65. The van der Waals surface area contributed by atoms with E-state index in [0.29, 0.717) is 12.7 Å². The first kappa shape index (κ1) is 10.9. The molecule has 1 aromatic rings. The van der Waals surface area contributed by atoms with Gasteiger partial charge in [-0.2, -0.15) is 0 Å². The molecule has 1 fully saturated rings. The van der Waals surface area contributed by atoms with Gasteiger partial charge in [0.15, 0.2) is 5.75 Å². The monoisotopic (exact) mass is 271 g/mol. The minimum Gasteiger partial charge on any atom is -0.488 e. The van der Waals surface area contributed by atoms with Crippen LogP contribution in [-0.4, -0.2) is 23.8 Å². The maximum atomic E-state index is 5.66. The lowest BCUT2D eigenvalue weighted by Crippen LogP contribution is -2.18. The number of pyridine rings is 1. The Hall–Kier alpha value is -0.610. The number of hydrogen-bond acceptors (Lipinski definition) is 3. The molecule has 4 heteroatoms. The van der Waals surface area contributed by atoms with Crippen LogP contribution in [0.2, 0.25) is 0 Å². The third-order valence-corrected chi connectivity index (χ3v) is 3.07. The van der Waals surface area contributed by atoms with Gasteiger partial charge in [-0.15, -0.1) is 0 Å². The van der Waals surface area contributed by atoms with Crippen LogP contribution in [-0.2, 0) is 4.74 Å². The molecule has 2 unspecified atom stereocenters. The van der Waals surface area contributed by atoms with Crippen LogP contribution in [0.4, 0.5) is 0 Å². The number of rotatable bonds is 3. The summed E-state index contributed by atoms with van der Waals surface area (Å²) in [6.45, 7) is 2.70. The molecule has 0 radical (unpaired) electrons. The lowest BCUT2D eigenvalue weighted by Gasteiger charge is -2.13. The van der Waals surface area contributed by atoms with E-state index in [4.69, 9.17) is 9.47 Å². The van der Waals surface area contributed by atoms with Gasteiger partial charge in [0.1, 0.15) is 11.2 Å². The largest absolute Gasteiger partial charge is 0.488 e. The molecule has 82 valence electrons. The van der Waals surface area contributed by atoms with Crippen LogP contribution in [0.15, 0.2) is 22.9 Å². The summed E-state index contributed by atoms with van der Waals surface area (Å²) in [5.74, 6) is 0.778. The molecule has 1 aliphatic rings. The summed E-state index contributed by atoms with van der Waals surface area (Å²) in [6.07, 6.45) is 4.54. The summed E-state index contributed by atoms with van der Waals surface area (Å²) in [5.41, 5.74) is 0. The second-order valence-electron chi connectivity index (χ2n) is 3.75. The normalized spacial score (nSPS) is 25.5. The smallest absolute Gasteiger partial charge is 0.152 e. The van der Waals surface area contributed by atoms with Crippen molar-refractivity contribution < 1.29 is 9.47 Å². The zero-order valence-corrected chi connectivity index (χ0v) is 10.2. The zero-order chi connectivity index (χ0) is 10.7. The first-order valence-corrected chi connectivity index (χ1v) is 5.94. The van der Waals surface area contributed by atoms with E-state index in [1.54, 1.807) is 6.20 Å². The molecule has 1 saturated heterocycles. The van der Waals surface area contributed by atoms with Crippen LogP contribution in [0.25, 0.3) is 0 Å². The van der Waals surface area contributed by atoms with Crippen molar-refractivity contribution in [3.8, 4) is 5.75 Å². The lowest BCUT2D eigenvalue weighted by molar-refractivity contribution is 0.0262. The van der Waals surface area contributed by atoms with E-state index in [1.807, 2.05) is 12.1 Å². The van der Waals surface area contributed by atoms with Crippen molar-refractivity contribution in [2.45, 2.75) is 32.0 Å². The van der Waals surface area contributed by atoms with Gasteiger partial charge < -0.3 is 9.47 Å².